The average molecular weight is 327 g/mol. The minimum Gasteiger partial charge on any atom is -0.351 e. The quantitative estimate of drug-likeness (QED) is 0.907. The topological polar surface area (TPSA) is 59.1 Å². The maximum Gasteiger partial charge on any atom is 0.225 e. The zero-order valence-electron chi connectivity index (χ0n) is 13.0. The zero-order chi connectivity index (χ0) is 16.7. The number of aryl methyl sites for hydroxylation is 3. The Morgan fingerprint density at radius 2 is 1.74 bits per heavy atom. The van der Waals surface area contributed by atoms with Crippen molar-refractivity contribution in [3.8, 4) is 0 Å². The molecule has 116 valence electrons. The molecule has 4 nitrogen and oxygen atoms in total. The lowest BCUT2D eigenvalue weighted by atomic mass is 9.96. The van der Waals surface area contributed by atoms with Gasteiger partial charge < -0.3 is 5.32 Å². The first kappa shape index (κ1) is 15.4. The van der Waals surface area contributed by atoms with Crippen molar-refractivity contribution >= 4 is 28.9 Å². The van der Waals surface area contributed by atoms with Crippen LogP contribution in [0.1, 0.15) is 37.7 Å². The number of fused-ring (bicyclic) bond motifs is 1. The highest BCUT2D eigenvalue weighted by atomic mass is 35.5. The number of anilines is 1. The van der Waals surface area contributed by atoms with E-state index in [9.17, 15) is 9.59 Å². The van der Waals surface area contributed by atoms with E-state index < -0.39 is 5.78 Å². The van der Waals surface area contributed by atoms with Gasteiger partial charge in [-0.25, -0.2) is 4.98 Å². The third kappa shape index (κ3) is 2.66. The van der Waals surface area contributed by atoms with Crippen LogP contribution in [0.3, 0.4) is 0 Å². The molecule has 3 rings (SSSR count). The number of hydrogen-bond donors (Lipinski definition) is 1. The molecule has 1 aromatic heterocycles. The summed E-state index contributed by atoms with van der Waals surface area (Å²) in [5.74, 6) is -0.755. The molecule has 0 amide bonds. The number of nitrogens with one attached hydrogen (secondary N) is 1. The molecule has 0 spiro atoms. The molecule has 23 heavy (non-hydrogen) atoms. The molecule has 0 saturated heterocycles. The highest BCUT2D eigenvalue weighted by Gasteiger charge is 2.33. The molecule has 0 unspecified atom stereocenters. The average Bonchev–Trinajstić information content (AvgIpc) is 2.51. The lowest BCUT2D eigenvalue weighted by Crippen LogP contribution is -2.25. The fraction of sp³-hybridized carbons (Fsp3) is 0.167. The van der Waals surface area contributed by atoms with Crippen LogP contribution >= 0.6 is 11.6 Å². The lowest BCUT2D eigenvalue weighted by molar-refractivity contribution is 0.0978. The van der Waals surface area contributed by atoms with Crippen molar-refractivity contribution in [2.75, 3.05) is 5.32 Å². The number of halogens is 1. The molecule has 5 heteroatoms. The van der Waals surface area contributed by atoms with E-state index in [1.165, 1.54) is 0 Å². The van der Waals surface area contributed by atoms with Crippen molar-refractivity contribution in [3.63, 3.8) is 0 Å². The smallest absolute Gasteiger partial charge is 0.225 e. The van der Waals surface area contributed by atoms with Crippen LogP contribution in [-0.2, 0) is 0 Å². The summed E-state index contributed by atoms with van der Waals surface area (Å²) >= 11 is 6.15. The SMILES string of the molecule is Cc1ccc(NC2=C(Cl)C(=O)c3nc(C)ccc3C2=O)c(C)c1. The summed E-state index contributed by atoms with van der Waals surface area (Å²) in [6.45, 7) is 5.68. The molecular weight excluding hydrogens is 312 g/mol. The van der Waals surface area contributed by atoms with Gasteiger partial charge in [-0.15, -0.1) is 0 Å². The summed E-state index contributed by atoms with van der Waals surface area (Å²) in [6, 6.07) is 9.11. The number of Topliss-reactive ketones (excluding diaryl/α,β-unsaturated/α-hetero) is 2. The summed E-state index contributed by atoms with van der Waals surface area (Å²) in [5.41, 5.74) is 3.98. The van der Waals surface area contributed by atoms with Crippen molar-refractivity contribution in [1.82, 2.24) is 4.98 Å². The van der Waals surface area contributed by atoms with E-state index in [0.29, 0.717) is 5.69 Å². The maximum atomic E-state index is 12.7. The molecule has 0 saturated carbocycles. The first-order chi connectivity index (χ1) is 10.9. The third-order valence-electron chi connectivity index (χ3n) is 3.78. The van der Waals surface area contributed by atoms with Crippen LogP contribution in [0.5, 0.6) is 0 Å². The van der Waals surface area contributed by atoms with Gasteiger partial charge in [0.2, 0.25) is 11.6 Å². The summed E-state index contributed by atoms with van der Waals surface area (Å²) < 4.78 is 0. The Morgan fingerprint density at radius 3 is 2.43 bits per heavy atom. The maximum absolute atomic E-state index is 12.7. The van der Waals surface area contributed by atoms with Gasteiger partial charge in [-0.3, -0.25) is 9.59 Å². The van der Waals surface area contributed by atoms with Crippen molar-refractivity contribution in [2.24, 2.45) is 0 Å². The number of nitrogens with zero attached hydrogens (tertiary/aromatic N) is 1. The van der Waals surface area contributed by atoms with Crippen LogP contribution in [0.25, 0.3) is 0 Å². The Bertz CT molecular complexity index is 885. The Morgan fingerprint density at radius 1 is 1.00 bits per heavy atom. The predicted octanol–water partition coefficient (Wildman–Crippen LogP) is 3.95. The number of pyridine rings is 1. The minimum absolute atomic E-state index is 0.0989. The number of hydrogen-bond acceptors (Lipinski definition) is 4. The third-order valence-corrected chi connectivity index (χ3v) is 4.14. The Hall–Kier alpha value is -2.46. The highest BCUT2D eigenvalue weighted by Crippen LogP contribution is 2.29. The van der Waals surface area contributed by atoms with Crippen LogP contribution in [-0.4, -0.2) is 16.6 Å². The summed E-state index contributed by atoms with van der Waals surface area (Å²) in [5, 5.41) is 2.89. The van der Waals surface area contributed by atoms with Gasteiger partial charge in [-0.05, 0) is 44.5 Å². The summed E-state index contributed by atoms with van der Waals surface area (Å²) in [4.78, 5) is 29.2. The van der Waals surface area contributed by atoms with Gasteiger partial charge in [0.25, 0.3) is 0 Å². The van der Waals surface area contributed by atoms with Crippen molar-refractivity contribution in [2.45, 2.75) is 20.8 Å². The van der Waals surface area contributed by atoms with Crippen LogP contribution in [0, 0.1) is 20.8 Å². The molecular formula is C18H15ClN2O2. The number of benzene rings is 1. The number of aromatic nitrogens is 1. The molecule has 1 heterocycles. The Labute approximate surface area is 139 Å². The van der Waals surface area contributed by atoms with Gasteiger partial charge in [0.05, 0.1) is 5.56 Å². The van der Waals surface area contributed by atoms with Crippen molar-refractivity contribution in [3.05, 3.63) is 69.1 Å². The van der Waals surface area contributed by atoms with Crippen LogP contribution in [0.4, 0.5) is 5.69 Å². The largest absolute Gasteiger partial charge is 0.351 e. The van der Waals surface area contributed by atoms with E-state index in [0.717, 1.165) is 16.8 Å². The van der Waals surface area contributed by atoms with E-state index in [-0.39, 0.29) is 27.8 Å². The molecule has 0 aliphatic heterocycles. The molecule has 1 aliphatic carbocycles. The molecule has 0 fully saturated rings. The van der Waals surface area contributed by atoms with Crippen LogP contribution < -0.4 is 5.32 Å². The van der Waals surface area contributed by atoms with Crippen LogP contribution in [0.15, 0.2) is 41.1 Å². The monoisotopic (exact) mass is 326 g/mol. The number of carbonyl (C=O) groups excluding carboxylic acids is 2. The lowest BCUT2D eigenvalue weighted by Gasteiger charge is -2.19. The fourth-order valence-electron chi connectivity index (χ4n) is 2.57. The Balaban J connectivity index is 2.06. The van der Waals surface area contributed by atoms with E-state index in [1.54, 1.807) is 19.1 Å². The second-order valence-electron chi connectivity index (χ2n) is 5.64. The van der Waals surface area contributed by atoms with E-state index >= 15 is 0 Å². The van der Waals surface area contributed by atoms with Crippen LogP contribution in [0.2, 0.25) is 0 Å². The van der Waals surface area contributed by atoms with Gasteiger partial charge >= 0.3 is 0 Å². The normalized spacial score (nSPS) is 14.1. The molecule has 1 aromatic carbocycles. The second kappa shape index (κ2) is 5.63. The number of allylic oxidation sites excluding steroid dienone is 2. The molecule has 1 N–H and O–H groups in total. The number of rotatable bonds is 2. The molecule has 0 atom stereocenters. The highest BCUT2D eigenvalue weighted by molar-refractivity contribution is 6.50. The summed E-state index contributed by atoms with van der Waals surface area (Å²) in [6.07, 6.45) is 0. The first-order valence-corrected chi connectivity index (χ1v) is 7.57. The summed E-state index contributed by atoms with van der Waals surface area (Å²) in [7, 11) is 0. The first-order valence-electron chi connectivity index (χ1n) is 7.19. The van der Waals surface area contributed by atoms with E-state index in [1.807, 2.05) is 32.0 Å². The molecule has 0 radical (unpaired) electrons. The van der Waals surface area contributed by atoms with Crippen molar-refractivity contribution in [1.29, 1.82) is 0 Å². The number of carbonyl (C=O) groups is 2. The van der Waals surface area contributed by atoms with Gasteiger partial charge in [-0.2, -0.15) is 0 Å². The fourth-order valence-corrected chi connectivity index (χ4v) is 2.79. The van der Waals surface area contributed by atoms with Gasteiger partial charge in [-0.1, -0.05) is 29.3 Å². The number of ketones is 2. The predicted molar refractivity (Wildman–Crippen MR) is 90.1 cm³/mol. The zero-order valence-corrected chi connectivity index (χ0v) is 13.8. The molecule has 2 aromatic rings. The van der Waals surface area contributed by atoms with Crippen molar-refractivity contribution < 1.29 is 9.59 Å². The molecule has 1 aliphatic rings. The van der Waals surface area contributed by atoms with Gasteiger partial charge in [0, 0.05) is 11.4 Å². The van der Waals surface area contributed by atoms with Gasteiger partial charge in [0.1, 0.15) is 16.4 Å². The standard InChI is InChI=1S/C18H15ClN2O2/c1-9-4-7-13(10(2)8-9)21-16-14(19)18(23)15-12(17(16)22)6-5-11(3)20-15/h4-8,21H,1-3H3. The van der Waals surface area contributed by atoms with E-state index in [2.05, 4.69) is 10.3 Å². The second-order valence-corrected chi connectivity index (χ2v) is 6.02. The molecule has 0 bridgehead atoms. The van der Waals surface area contributed by atoms with E-state index in [4.69, 9.17) is 11.6 Å². The van der Waals surface area contributed by atoms with Gasteiger partial charge in [0.15, 0.2) is 0 Å². The minimum atomic E-state index is -0.433. The Kier molecular flexibility index (Phi) is 3.78.